The summed E-state index contributed by atoms with van der Waals surface area (Å²) in [7, 11) is 0. The predicted octanol–water partition coefficient (Wildman–Crippen LogP) is 4.56. The van der Waals surface area contributed by atoms with Crippen LogP contribution in [0.25, 0.3) is 0 Å². The van der Waals surface area contributed by atoms with Crippen LogP contribution >= 0.6 is 0 Å². The van der Waals surface area contributed by atoms with E-state index in [1.54, 1.807) is 0 Å². The van der Waals surface area contributed by atoms with Crippen molar-refractivity contribution < 1.29 is 5.11 Å². The molecule has 0 fully saturated rings. The van der Waals surface area contributed by atoms with Gasteiger partial charge in [0.05, 0.1) is 5.60 Å². The number of hydrogen-bond acceptors (Lipinski definition) is 1. The van der Waals surface area contributed by atoms with Gasteiger partial charge in [0.1, 0.15) is 0 Å². The summed E-state index contributed by atoms with van der Waals surface area (Å²) in [5.41, 5.74) is 2.87. The first-order valence-electron chi connectivity index (χ1n) is 7.51. The van der Waals surface area contributed by atoms with Gasteiger partial charge in [-0.05, 0) is 31.4 Å². The second-order valence-corrected chi connectivity index (χ2v) is 6.03. The average molecular weight is 280 g/mol. The van der Waals surface area contributed by atoms with E-state index in [1.807, 2.05) is 36.4 Å². The molecule has 0 heterocycles. The Morgan fingerprint density at radius 1 is 0.857 bits per heavy atom. The zero-order valence-electron chi connectivity index (χ0n) is 12.9. The van der Waals surface area contributed by atoms with Crippen LogP contribution in [0.5, 0.6) is 0 Å². The molecule has 2 aromatic rings. The number of aliphatic hydroxyl groups is 1. The molecule has 0 aromatic heterocycles. The molecule has 1 N–H and O–H groups in total. The average Bonchev–Trinajstić information content (AvgIpc) is 2.47. The molecule has 110 valence electrons. The smallest absolute Gasteiger partial charge is 0.0762 e. The molecular weight excluding hydrogens is 256 g/mol. The Labute approximate surface area is 128 Å². The number of hydrogen-bond donors (Lipinski definition) is 1. The van der Waals surface area contributed by atoms with Gasteiger partial charge < -0.3 is 5.11 Å². The van der Waals surface area contributed by atoms with Crippen LogP contribution < -0.4 is 0 Å². The lowest BCUT2D eigenvalue weighted by Gasteiger charge is -2.28. The first-order chi connectivity index (χ1) is 10.1. The van der Waals surface area contributed by atoms with Crippen LogP contribution in [-0.2, 0) is 12.8 Å². The minimum absolute atomic E-state index is 0.673. The third-order valence-corrected chi connectivity index (χ3v) is 3.64. The van der Waals surface area contributed by atoms with Crippen LogP contribution in [0.15, 0.2) is 72.3 Å². The van der Waals surface area contributed by atoms with Crippen molar-refractivity contribution in [1.82, 2.24) is 0 Å². The standard InChI is InChI=1S/C20H24O/c1-17(2)13-14-20(21,15-18-9-5-3-6-10-18)16-19-11-7-4-8-12-19/h3-13,21H,14-16H2,1-2H3. The molecule has 0 radical (unpaired) electrons. The molecule has 0 bridgehead atoms. The van der Waals surface area contributed by atoms with Gasteiger partial charge in [0.25, 0.3) is 0 Å². The van der Waals surface area contributed by atoms with Crippen LogP contribution in [0.3, 0.4) is 0 Å². The molecule has 1 nitrogen and oxygen atoms in total. The van der Waals surface area contributed by atoms with Gasteiger partial charge in [-0.15, -0.1) is 0 Å². The number of rotatable bonds is 6. The Hall–Kier alpha value is -1.86. The first kappa shape index (κ1) is 15.5. The van der Waals surface area contributed by atoms with Crippen LogP contribution in [-0.4, -0.2) is 10.7 Å². The highest BCUT2D eigenvalue weighted by Crippen LogP contribution is 2.24. The Kier molecular flexibility index (Phi) is 5.35. The van der Waals surface area contributed by atoms with E-state index in [9.17, 15) is 5.11 Å². The zero-order chi connectivity index (χ0) is 15.1. The minimum atomic E-state index is -0.736. The van der Waals surface area contributed by atoms with Gasteiger partial charge >= 0.3 is 0 Å². The molecule has 21 heavy (non-hydrogen) atoms. The van der Waals surface area contributed by atoms with Crippen molar-refractivity contribution in [2.24, 2.45) is 0 Å². The van der Waals surface area contributed by atoms with Crippen LogP contribution in [0.2, 0.25) is 0 Å². The predicted molar refractivity (Wildman–Crippen MR) is 89.3 cm³/mol. The lowest BCUT2D eigenvalue weighted by atomic mass is 9.85. The van der Waals surface area contributed by atoms with E-state index in [0.29, 0.717) is 19.3 Å². The fourth-order valence-corrected chi connectivity index (χ4v) is 2.55. The summed E-state index contributed by atoms with van der Waals surface area (Å²) < 4.78 is 0. The van der Waals surface area contributed by atoms with Crippen molar-refractivity contribution in [2.45, 2.75) is 38.7 Å². The quantitative estimate of drug-likeness (QED) is 0.769. The van der Waals surface area contributed by atoms with Crippen molar-refractivity contribution >= 4 is 0 Å². The number of benzene rings is 2. The molecule has 0 atom stereocenters. The van der Waals surface area contributed by atoms with E-state index in [-0.39, 0.29) is 0 Å². The Morgan fingerprint density at radius 2 is 1.29 bits per heavy atom. The molecule has 2 aromatic carbocycles. The van der Waals surface area contributed by atoms with E-state index in [2.05, 4.69) is 44.2 Å². The van der Waals surface area contributed by atoms with Crippen molar-refractivity contribution in [3.05, 3.63) is 83.4 Å². The lowest BCUT2D eigenvalue weighted by Crippen LogP contribution is -2.33. The van der Waals surface area contributed by atoms with Crippen molar-refractivity contribution in [1.29, 1.82) is 0 Å². The fraction of sp³-hybridized carbons (Fsp3) is 0.300. The van der Waals surface area contributed by atoms with Gasteiger partial charge in [-0.1, -0.05) is 72.3 Å². The molecule has 0 aliphatic carbocycles. The van der Waals surface area contributed by atoms with E-state index in [4.69, 9.17) is 0 Å². The molecule has 0 aliphatic heterocycles. The van der Waals surface area contributed by atoms with Crippen LogP contribution in [0.1, 0.15) is 31.4 Å². The molecule has 2 rings (SSSR count). The van der Waals surface area contributed by atoms with Crippen molar-refractivity contribution in [3.63, 3.8) is 0 Å². The Bertz CT molecular complexity index is 524. The lowest BCUT2D eigenvalue weighted by molar-refractivity contribution is 0.0436. The SMILES string of the molecule is CC(C)=CCC(O)(Cc1ccccc1)Cc1ccccc1. The van der Waals surface area contributed by atoms with Crippen LogP contribution in [0.4, 0.5) is 0 Å². The highest BCUT2D eigenvalue weighted by atomic mass is 16.3. The van der Waals surface area contributed by atoms with Crippen molar-refractivity contribution in [3.8, 4) is 0 Å². The van der Waals surface area contributed by atoms with E-state index in [1.165, 1.54) is 16.7 Å². The molecule has 0 unspecified atom stereocenters. The normalized spacial score (nSPS) is 11.2. The summed E-state index contributed by atoms with van der Waals surface area (Å²) in [4.78, 5) is 0. The van der Waals surface area contributed by atoms with Gasteiger partial charge in [-0.2, -0.15) is 0 Å². The maximum absolute atomic E-state index is 11.1. The second-order valence-electron chi connectivity index (χ2n) is 6.03. The summed E-state index contributed by atoms with van der Waals surface area (Å²) in [6.07, 6.45) is 4.16. The van der Waals surface area contributed by atoms with Gasteiger partial charge in [-0.25, -0.2) is 0 Å². The van der Waals surface area contributed by atoms with E-state index in [0.717, 1.165) is 0 Å². The second kappa shape index (κ2) is 7.24. The first-order valence-corrected chi connectivity index (χ1v) is 7.51. The summed E-state index contributed by atoms with van der Waals surface area (Å²) in [6.45, 7) is 4.15. The maximum Gasteiger partial charge on any atom is 0.0762 e. The molecule has 0 saturated heterocycles. The van der Waals surface area contributed by atoms with Gasteiger partial charge in [0.15, 0.2) is 0 Å². The summed E-state index contributed by atoms with van der Waals surface area (Å²) in [5.74, 6) is 0. The summed E-state index contributed by atoms with van der Waals surface area (Å²) >= 11 is 0. The zero-order valence-corrected chi connectivity index (χ0v) is 12.9. The van der Waals surface area contributed by atoms with Crippen molar-refractivity contribution in [2.75, 3.05) is 0 Å². The fourth-order valence-electron chi connectivity index (χ4n) is 2.55. The topological polar surface area (TPSA) is 20.2 Å². The molecular formula is C20H24O. The molecule has 0 aliphatic rings. The van der Waals surface area contributed by atoms with E-state index < -0.39 is 5.60 Å². The highest BCUT2D eigenvalue weighted by molar-refractivity contribution is 5.22. The molecule has 0 amide bonds. The third kappa shape index (κ3) is 5.20. The van der Waals surface area contributed by atoms with Crippen LogP contribution in [0, 0.1) is 0 Å². The monoisotopic (exact) mass is 280 g/mol. The Balaban J connectivity index is 2.19. The van der Waals surface area contributed by atoms with E-state index >= 15 is 0 Å². The summed E-state index contributed by atoms with van der Waals surface area (Å²) in [6, 6.07) is 20.5. The van der Waals surface area contributed by atoms with Gasteiger partial charge in [0.2, 0.25) is 0 Å². The molecule has 0 saturated carbocycles. The third-order valence-electron chi connectivity index (χ3n) is 3.64. The van der Waals surface area contributed by atoms with Gasteiger partial charge in [0, 0.05) is 12.8 Å². The maximum atomic E-state index is 11.1. The number of allylic oxidation sites excluding steroid dienone is 1. The molecule has 0 spiro atoms. The summed E-state index contributed by atoms with van der Waals surface area (Å²) in [5, 5.41) is 11.1. The Morgan fingerprint density at radius 3 is 1.67 bits per heavy atom. The highest BCUT2D eigenvalue weighted by Gasteiger charge is 2.26. The van der Waals surface area contributed by atoms with Gasteiger partial charge in [-0.3, -0.25) is 0 Å². The largest absolute Gasteiger partial charge is 0.389 e. The molecule has 1 heteroatoms. The minimum Gasteiger partial charge on any atom is -0.389 e.